The normalized spacial score (nSPS) is 14.2. The van der Waals surface area contributed by atoms with Crippen LogP contribution in [-0.4, -0.2) is 24.2 Å². The van der Waals surface area contributed by atoms with Crippen molar-refractivity contribution < 1.29 is 41.0 Å². The van der Waals surface area contributed by atoms with Crippen molar-refractivity contribution in [3.05, 3.63) is 98.3 Å². The summed E-state index contributed by atoms with van der Waals surface area (Å²) in [5.74, 6) is -12.3. The van der Waals surface area contributed by atoms with Gasteiger partial charge in [-0.2, -0.15) is 10.1 Å². The number of anilines is 1. The van der Waals surface area contributed by atoms with Gasteiger partial charge in [0.1, 0.15) is 18.0 Å². The number of hydrazone groups is 1. The fourth-order valence-electron chi connectivity index (χ4n) is 3.65. The zero-order chi connectivity index (χ0) is 28.4. The zero-order valence-electron chi connectivity index (χ0n) is 20.3. The molecule has 1 aliphatic rings. The lowest BCUT2D eigenvalue weighted by molar-refractivity contribution is -0.114. The molecule has 0 spiro atoms. The average molecular weight is 609 g/mol. The summed E-state index contributed by atoms with van der Waals surface area (Å²) >= 11 is 3.32. The van der Waals surface area contributed by atoms with Gasteiger partial charge in [-0.25, -0.2) is 26.7 Å². The molecule has 0 unspecified atom stereocenters. The number of rotatable bonds is 7. The van der Waals surface area contributed by atoms with E-state index in [1.807, 2.05) is 0 Å². The van der Waals surface area contributed by atoms with Crippen molar-refractivity contribution in [3.63, 3.8) is 0 Å². The predicted octanol–water partition coefficient (Wildman–Crippen LogP) is 6.71. The lowest BCUT2D eigenvalue weighted by Gasteiger charge is -2.15. The van der Waals surface area contributed by atoms with Crippen LogP contribution in [0.1, 0.15) is 35.3 Å². The van der Waals surface area contributed by atoms with Gasteiger partial charge in [-0.1, -0.05) is 28.1 Å². The first-order valence-electron chi connectivity index (χ1n) is 11.3. The van der Waals surface area contributed by atoms with Gasteiger partial charge in [-0.15, -0.1) is 0 Å². The summed E-state index contributed by atoms with van der Waals surface area (Å²) in [5, 5.41) is 3.88. The highest BCUT2D eigenvalue weighted by atomic mass is 79.9. The molecule has 12 heteroatoms. The minimum atomic E-state index is -2.34. The Morgan fingerprint density at radius 2 is 1.59 bits per heavy atom. The Balaban J connectivity index is 1.61. The molecule has 6 nitrogen and oxygen atoms in total. The van der Waals surface area contributed by atoms with Crippen LogP contribution >= 0.6 is 15.9 Å². The molecule has 1 amide bonds. The number of carbonyl (C=O) groups excluding carboxylic acids is 2. The third-order valence-corrected chi connectivity index (χ3v) is 6.09. The second-order valence-electron chi connectivity index (χ2n) is 8.17. The summed E-state index contributed by atoms with van der Waals surface area (Å²) in [6, 6.07) is 11.4. The van der Waals surface area contributed by atoms with Crippen LogP contribution in [0.25, 0.3) is 6.08 Å². The number of hydrogen-bond donors (Lipinski definition) is 0. The van der Waals surface area contributed by atoms with Crippen LogP contribution < -0.4 is 9.75 Å². The van der Waals surface area contributed by atoms with Gasteiger partial charge in [-0.05, 0) is 55.8 Å². The van der Waals surface area contributed by atoms with Gasteiger partial charge in [0, 0.05) is 10.0 Å². The van der Waals surface area contributed by atoms with Crippen LogP contribution in [0.2, 0.25) is 0 Å². The number of hydrogen-bond acceptors (Lipinski definition) is 5. The second-order valence-corrected chi connectivity index (χ2v) is 9.08. The Labute approximate surface area is 227 Å². The summed E-state index contributed by atoms with van der Waals surface area (Å²) in [6.45, 7) is 3.38. The van der Waals surface area contributed by atoms with E-state index in [2.05, 4.69) is 21.0 Å². The molecule has 3 aromatic carbocycles. The zero-order valence-corrected chi connectivity index (χ0v) is 21.9. The Morgan fingerprint density at radius 1 is 0.974 bits per heavy atom. The molecule has 0 saturated heterocycles. The van der Waals surface area contributed by atoms with E-state index in [1.165, 1.54) is 13.0 Å². The third kappa shape index (κ3) is 5.56. The monoisotopic (exact) mass is 608 g/mol. The van der Waals surface area contributed by atoms with Gasteiger partial charge in [0.15, 0.2) is 23.3 Å². The van der Waals surface area contributed by atoms with E-state index in [0.717, 1.165) is 5.56 Å². The highest BCUT2D eigenvalue weighted by Gasteiger charge is 2.37. The second kappa shape index (κ2) is 11.4. The van der Waals surface area contributed by atoms with Gasteiger partial charge in [-0.3, -0.25) is 4.79 Å². The molecule has 3 aromatic rings. The predicted molar refractivity (Wildman–Crippen MR) is 136 cm³/mol. The van der Waals surface area contributed by atoms with E-state index >= 15 is 0 Å². The molecule has 202 valence electrons. The van der Waals surface area contributed by atoms with E-state index in [1.54, 1.807) is 49.4 Å². The molecule has 39 heavy (non-hydrogen) atoms. The summed E-state index contributed by atoms with van der Waals surface area (Å²) < 4.78 is 81.1. The topological polar surface area (TPSA) is 68.2 Å². The summed E-state index contributed by atoms with van der Waals surface area (Å²) in [6.07, 6.45) is 1.33. The number of nitrogens with zero attached hydrogens (tertiary/aromatic N) is 2. The third-order valence-electron chi connectivity index (χ3n) is 5.59. The fraction of sp³-hybridized carbons (Fsp3) is 0.148. The maximum absolute atomic E-state index is 14.3. The van der Waals surface area contributed by atoms with Crippen molar-refractivity contribution in [3.8, 4) is 5.75 Å². The van der Waals surface area contributed by atoms with Crippen LogP contribution in [0.15, 0.2) is 57.6 Å². The quantitative estimate of drug-likeness (QED) is 0.0983. The minimum Gasteiger partial charge on any atom is -0.488 e. The minimum absolute atomic E-state index is 0.0237. The molecule has 0 bridgehead atoms. The first-order valence-corrected chi connectivity index (χ1v) is 12.1. The highest BCUT2D eigenvalue weighted by Crippen LogP contribution is 2.35. The van der Waals surface area contributed by atoms with Gasteiger partial charge in [0.2, 0.25) is 5.82 Å². The van der Waals surface area contributed by atoms with Gasteiger partial charge in [0.25, 0.3) is 5.91 Å². The molecule has 1 aliphatic heterocycles. The van der Waals surface area contributed by atoms with Crippen LogP contribution in [0.4, 0.5) is 27.6 Å². The van der Waals surface area contributed by atoms with Crippen LogP contribution in [-0.2, 0) is 16.1 Å². The van der Waals surface area contributed by atoms with Gasteiger partial charge >= 0.3 is 5.97 Å². The van der Waals surface area contributed by atoms with Gasteiger partial charge in [0.05, 0.1) is 23.5 Å². The fourth-order valence-corrected chi connectivity index (χ4v) is 4.03. The van der Waals surface area contributed by atoms with E-state index < -0.39 is 46.6 Å². The number of carbonyl (C=O) groups is 2. The highest BCUT2D eigenvalue weighted by molar-refractivity contribution is 9.10. The van der Waals surface area contributed by atoms with E-state index in [0.29, 0.717) is 21.3 Å². The molecule has 0 atom stereocenters. The molecule has 0 N–H and O–H groups in total. The van der Waals surface area contributed by atoms with Crippen molar-refractivity contribution >= 4 is 45.3 Å². The molecular weight excluding hydrogens is 591 g/mol. The number of ether oxygens (including phenoxy) is 2. The maximum Gasteiger partial charge on any atom is 0.338 e. The number of amides is 1. The van der Waals surface area contributed by atoms with Crippen LogP contribution in [0, 0.1) is 29.1 Å². The number of esters is 1. The van der Waals surface area contributed by atoms with E-state index in [-0.39, 0.29) is 29.5 Å². The first-order chi connectivity index (χ1) is 18.5. The molecule has 0 aromatic heterocycles. The number of benzene rings is 3. The Morgan fingerprint density at radius 3 is 2.21 bits per heavy atom. The Bertz CT molecular complexity index is 1510. The molecule has 0 aliphatic carbocycles. The molecule has 0 fully saturated rings. The summed E-state index contributed by atoms with van der Waals surface area (Å²) in [4.78, 5) is 24.9. The Hall–Kier alpha value is -4.06. The lowest BCUT2D eigenvalue weighted by atomic mass is 10.1. The molecule has 1 heterocycles. The van der Waals surface area contributed by atoms with Crippen molar-refractivity contribution in [2.45, 2.75) is 20.5 Å². The largest absolute Gasteiger partial charge is 0.488 e. The summed E-state index contributed by atoms with van der Waals surface area (Å²) in [5.41, 5.74) is -0.190. The van der Waals surface area contributed by atoms with Crippen LogP contribution in [0.3, 0.4) is 0 Å². The van der Waals surface area contributed by atoms with E-state index in [9.17, 15) is 31.5 Å². The lowest BCUT2D eigenvalue weighted by Crippen LogP contribution is -2.25. The SMILES string of the molecule is CCOC(=O)c1ccc(COc2ccc(Br)cc2/C=C2\C(=O)N(c3c(F)c(F)c(F)c(F)c3F)N=C2C)cc1. The Kier molecular flexibility index (Phi) is 8.14. The van der Waals surface area contributed by atoms with Crippen molar-refractivity contribution in [2.75, 3.05) is 11.6 Å². The van der Waals surface area contributed by atoms with E-state index in [4.69, 9.17) is 9.47 Å². The maximum atomic E-state index is 14.3. The smallest absolute Gasteiger partial charge is 0.338 e. The van der Waals surface area contributed by atoms with Crippen molar-refractivity contribution in [2.24, 2.45) is 5.10 Å². The molecule has 0 radical (unpaired) electrons. The van der Waals surface area contributed by atoms with Crippen molar-refractivity contribution in [1.82, 2.24) is 0 Å². The van der Waals surface area contributed by atoms with Crippen molar-refractivity contribution in [1.29, 1.82) is 0 Å². The molecular formula is C27H18BrF5N2O4. The number of halogens is 6. The average Bonchev–Trinajstić information content (AvgIpc) is 3.19. The van der Waals surface area contributed by atoms with Crippen LogP contribution in [0.5, 0.6) is 5.75 Å². The first kappa shape index (κ1) is 28.0. The molecule has 4 rings (SSSR count). The van der Waals surface area contributed by atoms with Gasteiger partial charge < -0.3 is 9.47 Å². The molecule has 0 saturated carbocycles. The summed E-state index contributed by atoms with van der Waals surface area (Å²) in [7, 11) is 0. The standard InChI is InChI=1S/C27H18BrF5N2O4/c1-3-38-27(37)15-6-4-14(5-7-15)12-39-19-9-8-17(28)10-16(19)11-18-13(2)34-35(26(18)36)25-23(32)21(30)20(29)22(31)24(25)33/h4-11H,3,12H2,1-2H3/b18-11-.